The Labute approximate surface area is 107 Å². The van der Waals surface area contributed by atoms with Crippen LogP contribution in [0.25, 0.3) is 0 Å². The zero-order chi connectivity index (χ0) is 14.0. The highest BCUT2D eigenvalue weighted by molar-refractivity contribution is 5.60. The summed E-state index contributed by atoms with van der Waals surface area (Å²) in [5, 5.41) is 0. The highest BCUT2D eigenvalue weighted by Crippen LogP contribution is 1.94. The number of hydrogen-bond donors (Lipinski definition) is 0. The Hall–Kier alpha value is -1.72. The predicted molar refractivity (Wildman–Crippen MR) is 64.3 cm³/mol. The molecule has 0 fully saturated rings. The fourth-order valence-corrected chi connectivity index (χ4v) is 0.821. The molecule has 0 bridgehead atoms. The van der Waals surface area contributed by atoms with Crippen LogP contribution in [0.2, 0.25) is 0 Å². The molecule has 6 heteroatoms. The molecule has 0 radical (unpaired) electrons. The minimum absolute atomic E-state index is 0.0636. The van der Waals surface area contributed by atoms with Gasteiger partial charge in [0.2, 0.25) is 0 Å². The summed E-state index contributed by atoms with van der Waals surface area (Å²) in [6, 6.07) is 0. The highest BCUT2D eigenvalue weighted by atomic mass is 16.7. The highest BCUT2D eigenvalue weighted by Gasteiger charge is 2.05. The monoisotopic (exact) mass is 260 g/mol. The van der Waals surface area contributed by atoms with Crippen molar-refractivity contribution in [2.75, 3.05) is 13.2 Å². The fraction of sp³-hybridized carbons (Fsp3) is 0.667. The molecule has 0 N–H and O–H groups in total. The second-order valence-electron chi connectivity index (χ2n) is 3.93. The van der Waals surface area contributed by atoms with Gasteiger partial charge in [-0.1, -0.05) is 0 Å². The van der Waals surface area contributed by atoms with Crippen molar-refractivity contribution >= 4 is 12.3 Å². The van der Waals surface area contributed by atoms with E-state index < -0.39 is 12.3 Å². The Balaban J connectivity index is 3.55. The molecule has 0 aromatic rings. The Morgan fingerprint density at radius 3 is 1.44 bits per heavy atom. The third kappa shape index (κ3) is 10.8. The Morgan fingerprint density at radius 2 is 1.17 bits per heavy atom. The van der Waals surface area contributed by atoms with Gasteiger partial charge in [0.1, 0.15) is 13.2 Å². The first-order valence-electron chi connectivity index (χ1n) is 5.73. The van der Waals surface area contributed by atoms with Crippen LogP contribution in [-0.4, -0.2) is 37.7 Å². The average Bonchev–Trinajstić information content (AvgIpc) is 2.20. The van der Waals surface area contributed by atoms with E-state index in [0.29, 0.717) is 0 Å². The maximum Gasteiger partial charge on any atom is 0.508 e. The molecule has 0 unspecified atom stereocenters. The first-order chi connectivity index (χ1) is 8.41. The molecule has 0 aliphatic carbocycles. The normalized spacial score (nSPS) is 10.8. The minimum Gasteiger partial charge on any atom is -0.432 e. The van der Waals surface area contributed by atoms with E-state index in [2.05, 4.69) is 0 Å². The van der Waals surface area contributed by atoms with Crippen molar-refractivity contribution < 1.29 is 28.5 Å². The maximum atomic E-state index is 10.9. The second-order valence-corrected chi connectivity index (χ2v) is 3.93. The molecule has 104 valence electrons. The van der Waals surface area contributed by atoms with Crippen LogP contribution >= 0.6 is 0 Å². The van der Waals surface area contributed by atoms with E-state index in [9.17, 15) is 9.59 Å². The van der Waals surface area contributed by atoms with Gasteiger partial charge in [-0.05, 0) is 39.8 Å². The quantitative estimate of drug-likeness (QED) is 0.540. The number of rotatable bonds is 6. The van der Waals surface area contributed by atoms with E-state index >= 15 is 0 Å². The van der Waals surface area contributed by atoms with E-state index in [1.165, 1.54) is 0 Å². The van der Waals surface area contributed by atoms with Crippen LogP contribution in [0.4, 0.5) is 9.59 Å². The maximum absolute atomic E-state index is 10.9. The van der Waals surface area contributed by atoms with Crippen molar-refractivity contribution in [3.8, 4) is 0 Å². The van der Waals surface area contributed by atoms with Crippen molar-refractivity contribution in [1.29, 1.82) is 0 Å². The molecule has 0 rings (SSSR count). The van der Waals surface area contributed by atoms with Crippen LogP contribution in [0.3, 0.4) is 0 Å². The minimum atomic E-state index is -0.727. The zero-order valence-electron chi connectivity index (χ0n) is 11.2. The van der Waals surface area contributed by atoms with Gasteiger partial charge in [0.25, 0.3) is 0 Å². The largest absolute Gasteiger partial charge is 0.508 e. The summed E-state index contributed by atoms with van der Waals surface area (Å²) in [7, 11) is 0. The van der Waals surface area contributed by atoms with Gasteiger partial charge >= 0.3 is 12.3 Å². The zero-order valence-corrected chi connectivity index (χ0v) is 11.2. The van der Waals surface area contributed by atoms with Gasteiger partial charge in [0, 0.05) is 0 Å². The smallest absolute Gasteiger partial charge is 0.432 e. The standard InChI is InChI=1S/C12H20O6/c1-9(2)17-11(13)15-7-5-6-8-16-12(14)18-10(3)4/h5-6,9-10H,7-8H2,1-4H3/b6-5-. The summed E-state index contributed by atoms with van der Waals surface area (Å²) in [4.78, 5) is 21.9. The lowest BCUT2D eigenvalue weighted by Crippen LogP contribution is -2.13. The molecule has 18 heavy (non-hydrogen) atoms. The molecular formula is C12H20O6. The first kappa shape index (κ1) is 16.3. The van der Waals surface area contributed by atoms with Crippen LogP contribution in [0.15, 0.2) is 12.2 Å². The lowest BCUT2D eigenvalue weighted by Gasteiger charge is -2.07. The van der Waals surface area contributed by atoms with Crippen LogP contribution in [0, 0.1) is 0 Å². The third-order valence-electron chi connectivity index (χ3n) is 1.43. The average molecular weight is 260 g/mol. The molecule has 0 aliphatic rings. The molecule has 6 nitrogen and oxygen atoms in total. The lowest BCUT2D eigenvalue weighted by atomic mass is 10.5. The number of hydrogen-bond acceptors (Lipinski definition) is 6. The van der Waals surface area contributed by atoms with Crippen molar-refractivity contribution in [2.24, 2.45) is 0 Å². The summed E-state index contributed by atoms with van der Waals surface area (Å²) in [6.45, 7) is 7.04. The molecule has 0 heterocycles. The first-order valence-corrected chi connectivity index (χ1v) is 5.73. The van der Waals surface area contributed by atoms with E-state index in [0.717, 1.165) is 0 Å². The topological polar surface area (TPSA) is 71.1 Å². The van der Waals surface area contributed by atoms with Gasteiger partial charge in [0.05, 0.1) is 12.2 Å². The van der Waals surface area contributed by atoms with Crippen molar-refractivity contribution in [3.63, 3.8) is 0 Å². The van der Waals surface area contributed by atoms with Gasteiger partial charge in [-0.2, -0.15) is 0 Å². The van der Waals surface area contributed by atoms with Crippen LogP contribution in [0.5, 0.6) is 0 Å². The Kier molecular flexibility index (Phi) is 8.43. The predicted octanol–water partition coefficient (Wildman–Crippen LogP) is 2.67. The van der Waals surface area contributed by atoms with E-state index in [1.54, 1.807) is 39.8 Å². The van der Waals surface area contributed by atoms with Gasteiger partial charge < -0.3 is 18.9 Å². The fourth-order valence-electron chi connectivity index (χ4n) is 0.821. The summed E-state index contributed by atoms with van der Waals surface area (Å²) in [5.74, 6) is 0. The van der Waals surface area contributed by atoms with E-state index in [4.69, 9.17) is 18.9 Å². The molecule has 0 aromatic heterocycles. The van der Waals surface area contributed by atoms with Crippen molar-refractivity contribution in [3.05, 3.63) is 12.2 Å². The van der Waals surface area contributed by atoms with Crippen molar-refractivity contribution in [2.45, 2.75) is 39.9 Å². The van der Waals surface area contributed by atoms with Crippen molar-refractivity contribution in [1.82, 2.24) is 0 Å². The molecule has 0 atom stereocenters. The van der Waals surface area contributed by atoms with Crippen LogP contribution in [0.1, 0.15) is 27.7 Å². The second kappa shape index (κ2) is 9.32. The van der Waals surface area contributed by atoms with Gasteiger partial charge in [0.15, 0.2) is 0 Å². The van der Waals surface area contributed by atoms with Gasteiger partial charge in [-0.15, -0.1) is 0 Å². The Morgan fingerprint density at radius 1 is 0.833 bits per heavy atom. The molecule has 0 aliphatic heterocycles. The number of carbonyl (C=O) groups is 2. The van der Waals surface area contributed by atoms with Crippen LogP contribution < -0.4 is 0 Å². The number of carbonyl (C=O) groups excluding carboxylic acids is 2. The molecular weight excluding hydrogens is 240 g/mol. The van der Waals surface area contributed by atoms with E-state index in [1.807, 2.05) is 0 Å². The van der Waals surface area contributed by atoms with Gasteiger partial charge in [-0.3, -0.25) is 0 Å². The summed E-state index contributed by atoms with van der Waals surface area (Å²) in [6.07, 6.45) is 1.21. The molecule has 0 aromatic carbocycles. The summed E-state index contributed by atoms with van der Waals surface area (Å²) < 4.78 is 18.9. The van der Waals surface area contributed by atoms with Crippen LogP contribution in [-0.2, 0) is 18.9 Å². The lowest BCUT2D eigenvalue weighted by molar-refractivity contribution is 0.0383. The summed E-state index contributed by atoms with van der Waals surface area (Å²) >= 11 is 0. The van der Waals surface area contributed by atoms with E-state index in [-0.39, 0.29) is 25.4 Å². The number of ether oxygens (including phenoxy) is 4. The SMILES string of the molecule is CC(C)OC(=O)OC/C=C\COC(=O)OC(C)C. The molecule has 0 saturated carbocycles. The Bertz CT molecular complexity index is 254. The molecule has 0 amide bonds. The van der Waals surface area contributed by atoms with Gasteiger partial charge in [-0.25, -0.2) is 9.59 Å². The summed E-state index contributed by atoms with van der Waals surface area (Å²) in [5.41, 5.74) is 0. The molecule has 0 spiro atoms. The molecule has 0 saturated heterocycles. The third-order valence-corrected chi connectivity index (χ3v) is 1.43.